The summed E-state index contributed by atoms with van der Waals surface area (Å²) >= 11 is 0. The molecular weight excluding hydrogens is 323 g/mol. The number of nitrogens with zero attached hydrogens (tertiary/aromatic N) is 1. The van der Waals surface area contributed by atoms with Crippen molar-refractivity contribution >= 4 is 11.8 Å². The molecule has 0 unspecified atom stereocenters. The van der Waals surface area contributed by atoms with Gasteiger partial charge < -0.3 is 9.26 Å². The Bertz CT molecular complexity index is 831. The van der Waals surface area contributed by atoms with Crippen molar-refractivity contribution < 1.29 is 18.4 Å². The van der Waals surface area contributed by atoms with Crippen LogP contribution >= 0.6 is 0 Å². The average Bonchev–Trinajstić information content (AvgIpc) is 3.10. The monoisotopic (exact) mass is 340 g/mol. The number of benzene rings is 2. The Kier molecular flexibility index (Phi) is 5.09. The smallest absolute Gasteiger partial charge is 0.267 e. The molecule has 2 aromatic carbocycles. The number of carbonyl (C=O) groups excluding carboxylic acids is 1. The number of nitrogens with one attached hydrogen (secondary N) is 1. The predicted molar refractivity (Wildman–Crippen MR) is 91.7 cm³/mol. The Morgan fingerprint density at radius 3 is 2.60 bits per heavy atom. The molecule has 0 aliphatic heterocycles. The van der Waals surface area contributed by atoms with Crippen molar-refractivity contribution in [1.29, 1.82) is 0 Å². The molecular formula is C19H17FN2O3. The molecule has 6 heteroatoms. The molecule has 0 fully saturated rings. The average molecular weight is 340 g/mol. The van der Waals surface area contributed by atoms with Gasteiger partial charge in [-0.15, -0.1) is 0 Å². The van der Waals surface area contributed by atoms with E-state index in [1.807, 2.05) is 37.3 Å². The zero-order chi connectivity index (χ0) is 17.6. The highest BCUT2D eigenvalue weighted by Crippen LogP contribution is 2.22. The van der Waals surface area contributed by atoms with Gasteiger partial charge in [-0.2, -0.15) is 0 Å². The van der Waals surface area contributed by atoms with E-state index in [4.69, 9.17) is 9.26 Å². The quantitative estimate of drug-likeness (QED) is 0.727. The zero-order valence-corrected chi connectivity index (χ0v) is 13.6. The van der Waals surface area contributed by atoms with Crippen LogP contribution in [-0.2, 0) is 4.79 Å². The van der Waals surface area contributed by atoms with Gasteiger partial charge in [0.1, 0.15) is 17.3 Å². The second-order valence-electron chi connectivity index (χ2n) is 5.40. The highest BCUT2D eigenvalue weighted by molar-refractivity contribution is 5.93. The van der Waals surface area contributed by atoms with Gasteiger partial charge in [-0.3, -0.25) is 10.1 Å². The first-order chi connectivity index (χ1) is 12.2. The number of amides is 1. The fourth-order valence-corrected chi connectivity index (χ4v) is 2.28. The summed E-state index contributed by atoms with van der Waals surface area (Å²) in [6.45, 7) is 1.82. The van der Waals surface area contributed by atoms with Crippen molar-refractivity contribution in [3.05, 3.63) is 66.5 Å². The summed E-state index contributed by atoms with van der Waals surface area (Å²) in [6, 6.07) is 16.7. The minimum Gasteiger partial charge on any atom is -0.481 e. The number of hydrogen-bond donors (Lipinski definition) is 1. The molecule has 1 heterocycles. The molecule has 0 saturated carbocycles. The molecule has 0 bridgehead atoms. The maximum Gasteiger partial charge on any atom is 0.267 e. The Morgan fingerprint density at radius 1 is 1.20 bits per heavy atom. The van der Waals surface area contributed by atoms with Crippen LogP contribution in [0.25, 0.3) is 11.3 Å². The van der Waals surface area contributed by atoms with Crippen LogP contribution in [0.15, 0.2) is 65.2 Å². The number of rotatable bonds is 6. The lowest BCUT2D eigenvalue weighted by Gasteiger charge is -2.16. The van der Waals surface area contributed by atoms with Crippen LogP contribution in [0.4, 0.5) is 10.3 Å². The molecule has 1 atom stereocenters. The zero-order valence-electron chi connectivity index (χ0n) is 13.6. The minimum atomic E-state index is -0.726. The summed E-state index contributed by atoms with van der Waals surface area (Å²) in [5, 5.41) is 6.59. The fraction of sp³-hybridized carbons (Fsp3) is 0.158. The fourth-order valence-electron chi connectivity index (χ4n) is 2.28. The van der Waals surface area contributed by atoms with Crippen LogP contribution < -0.4 is 10.1 Å². The lowest BCUT2D eigenvalue weighted by atomic mass is 10.1. The lowest BCUT2D eigenvalue weighted by molar-refractivity contribution is -0.123. The third-order valence-electron chi connectivity index (χ3n) is 3.58. The van der Waals surface area contributed by atoms with Gasteiger partial charge >= 0.3 is 0 Å². The van der Waals surface area contributed by atoms with Crippen molar-refractivity contribution in [2.45, 2.75) is 19.4 Å². The molecule has 3 rings (SSSR count). The van der Waals surface area contributed by atoms with E-state index in [0.29, 0.717) is 17.9 Å². The summed E-state index contributed by atoms with van der Waals surface area (Å²) in [7, 11) is 0. The van der Waals surface area contributed by atoms with Crippen LogP contribution in [-0.4, -0.2) is 17.2 Å². The number of hydrogen-bond acceptors (Lipinski definition) is 4. The SMILES string of the molecule is CC[C@@H](Oc1ccc(F)cc1)C(=O)Nc1cc(-c2ccccc2)no1. The van der Waals surface area contributed by atoms with Gasteiger partial charge in [0, 0.05) is 11.6 Å². The van der Waals surface area contributed by atoms with Crippen molar-refractivity contribution in [2.24, 2.45) is 0 Å². The Labute approximate surface area is 144 Å². The molecule has 0 aliphatic carbocycles. The van der Waals surface area contributed by atoms with E-state index in [1.165, 1.54) is 24.3 Å². The molecule has 5 nitrogen and oxygen atoms in total. The molecule has 0 aliphatic rings. The van der Waals surface area contributed by atoms with Crippen LogP contribution in [0.1, 0.15) is 13.3 Å². The van der Waals surface area contributed by atoms with Gasteiger partial charge in [-0.1, -0.05) is 42.4 Å². The maximum atomic E-state index is 12.9. The highest BCUT2D eigenvalue weighted by Gasteiger charge is 2.20. The number of halogens is 1. The number of ether oxygens (including phenoxy) is 1. The largest absolute Gasteiger partial charge is 0.481 e. The molecule has 0 radical (unpaired) electrons. The van der Waals surface area contributed by atoms with E-state index in [0.717, 1.165) is 5.56 Å². The molecule has 1 amide bonds. The van der Waals surface area contributed by atoms with Gasteiger partial charge in [0.15, 0.2) is 6.10 Å². The van der Waals surface area contributed by atoms with E-state index in [1.54, 1.807) is 6.07 Å². The number of aromatic nitrogens is 1. The second kappa shape index (κ2) is 7.61. The molecule has 1 aromatic heterocycles. The van der Waals surface area contributed by atoms with E-state index in [2.05, 4.69) is 10.5 Å². The van der Waals surface area contributed by atoms with E-state index in [9.17, 15) is 9.18 Å². The van der Waals surface area contributed by atoms with Crippen molar-refractivity contribution in [1.82, 2.24) is 5.16 Å². The van der Waals surface area contributed by atoms with Crippen molar-refractivity contribution in [2.75, 3.05) is 5.32 Å². The van der Waals surface area contributed by atoms with Crippen molar-refractivity contribution in [3.63, 3.8) is 0 Å². The summed E-state index contributed by atoms with van der Waals surface area (Å²) in [5.74, 6) is -0.0570. The van der Waals surface area contributed by atoms with Crippen LogP contribution in [0.2, 0.25) is 0 Å². The number of carbonyl (C=O) groups is 1. The van der Waals surface area contributed by atoms with E-state index < -0.39 is 6.10 Å². The summed E-state index contributed by atoms with van der Waals surface area (Å²) in [5.41, 5.74) is 1.52. The number of anilines is 1. The van der Waals surface area contributed by atoms with Gasteiger partial charge in [0.05, 0.1) is 0 Å². The standard InChI is InChI=1S/C19H17FN2O3/c1-2-17(24-15-10-8-14(20)9-11-15)19(23)21-18-12-16(22-25-18)13-6-4-3-5-7-13/h3-12,17H,2H2,1H3,(H,21,23)/t17-/m1/s1. The van der Waals surface area contributed by atoms with Crippen LogP contribution in [0, 0.1) is 5.82 Å². The van der Waals surface area contributed by atoms with Crippen LogP contribution in [0.3, 0.4) is 0 Å². The maximum absolute atomic E-state index is 12.9. The Balaban J connectivity index is 1.66. The van der Waals surface area contributed by atoms with Crippen LogP contribution in [0.5, 0.6) is 5.75 Å². The third-order valence-corrected chi connectivity index (χ3v) is 3.58. The van der Waals surface area contributed by atoms with E-state index >= 15 is 0 Å². The molecule has 0 saturated heterocycles. The Hall–Kier alpha value is -3.15. The second-order valence-corrected chi connectivity index (χ2v) is 5.40. The normalized spacial score (nSPS) is 11.8. The summed E-state index contributed by atoms with van der Waals surface area (Å²) in [6.07, 6.45) is -0.279. The topological polar surface area (TPSA) is 64.4 Å². The summed E-state index contributed by atoms with van der Waals surface area (Å²) < 4.78 is 23.7. The Morgan fingerprint density at radius 2 is 1.92 bits per heavy atom. The van der Waals surface area contributed by atoms with E-state index in [-0.39, 0.29) is 17.6 Å². The minimum absolute atomic E-state index is 0.241. The predicted octanol–water partition coefficient (Wildman–Crippen LogP) is 4.28. The van der Waals surface area contributed by atoms with Gasteiger partial charge in [-0.05, 0) is 30.7 Å². The molecule has 1 N–H and O–H groups in total. The third kappa shape index (κ3) is 4.23. The first kappa shape index (κ1) is 16.7. The molecule has 3 aromatic rings. The first-order valence-corrected chi connectivity index (χ1v) is 7.91. The van der Waals surface area contributed by atoms with Gasteiger partial charge in [-0.25, -0.2) is 4.39 Å². The van der Waals surface area contributed by atoms with Crippen molar-refractivity contribution in [3.8, 4) is 17.0 Å². The molecule has 128 valence electrons. The first-order valence-electron chi connectivity index (χ1n) is 7.91. The molecule has 0 spiro atoms. The van der Waals surface area contributed by atoms with Gasteiger partial charge in [0.25, 0.3) is 5.91 Å². The van der Waals surface area contributed by atoms with Gasteiger partial charge in [0.2, 0.25) is 5.88 Å². The lowest BCUT2D eigenvalue weighted by Crippen LogP contribution is -2.32. The summed E-state index contributed by atoms with van der Waals surface area (Å²) in [4.78, 5) is 12.4. The molecule has 25 heavy (non-hydrogen) atoms. The highest BCUT2D eigenvalue weighted by atomic mass is 19.1.